The molecule has 22 heavy (non-hydrogen) atoms. The zero-order valence-corrected chi connectivity index (χ0v) is 12.6. The molecule has 0 unspecified atom stereocenters. The van der Waals surface area contributed by atoms with Crippen LogP contribution in [0, 0.1) is 11.6 Å². The summed E-state index contributed by atoms with van der Waals surface area (Å²) in [5.74, 6) is -2.26. The van der Waals surface area contributed by atoms with E-state index in [9.17, 15) is 13.6 Å². The average Bonchev–Trinajstić information content (AvgIpc) is 2.96. The molecule has 4 nitrogen and oxygen atoms in total. The smallest absolute Gasteiger partial charge is 0.263 e. The molecule has 0 radical (unpaired) electrons. The molecule has 0 bridgehead atoms. The van der Waals surface area contributed by atoms with Crippen LogP contribution in [0.3, 0.4) is 0 Å². The quantitative estimate of drug-likeness (QED) is 0.924. The summed E-state index contributed by atoms with van der Waals surface area (Å²) in [5.41, 5.74) is -0.600. The van der Waals surface area contributed by atoms with Crippen molar-refractivity contribution in [3.63, 3.8) is 0 Å². The summed E-state index contributed by atoms with van der Waals surface area (Å²) >= 11 is 1.28. The lowest BCUT2D eigenvalue weighted by molar-refractivity contribution is 0.101. The van der Waals surface area contributed by atoms with Crippen LogP contribution in [0.4, 0.5) is 13.9 Å². The molecule has 0 spiro atoms. The number of hydrogen-bond donors (Lipinski definition) is 1. The Balaban J connectivity index is 1.73. The fourth-order valence-corrected chi connectivity index (χ4v) is 3.58. The maximum Gasteiger partial charge on any atom is 0.263 e. The fraction of sp³-hybridized carbons (Fsp3) is 0.400. The Morgan fingerprint density at radius 2 is 1.82 bits per heavy atom. The molecule has 2 aromatic rings. The normalized spacial score (nSPS) is 15.7. The van der Waals surface area contributed by atoms with Gasteiger partial charge in [-0.05, 0) is 25.0 Å². The maximum atomic E-state index is 13.6. The predicted octanol–water partition coefficient (Wildman–Crippen LogP) is 4.12. The van der Waals surface area contributed by atoms with Gasteiger partial charge in [-0.1, -0.05) is 36.7 Å². The summed E-state index contributed by atoms with van der Waals surface area (Å²) in [4.78, 5) is 12.0. The van der Waals surface area contributed by atoms with Crippen molar-refractivity contribution in [2.45, 2.75) is 38.0 Å². The zero-order valence-electron chi connectivity index (χ0n) is 11.8. The number of aromatic nitrogens is 2. The summed E-state index contributed by atoms with van der Waals surface area (Å²) in [6.45, 7) is 0. The molecule has 1 aliphatic carbocycles. The third-order valence-electron chi connectivity index (χ3n) is 3.81. The van der Waals surface area contributed by atoms with Crippen molar-refractivity contribution < 1.29 is 13.6 Å². The lowest BCUT2D eigenvalue weighted by Crippen LogP contribution is -2.15. The van der Waals surface area contributed by atoms with Crippen molar-refractivity contribution in [3.05, 3.63) is 40.4 Å². The third kappa shape index (κ3) is 3.14. The van der Waals surface area contributed by atoms with Crippen molar-refractivity contribution in [3.8, 4) is 0 Å². The lowest BCUT2D eigenvalue weighted by atomic mass is 9.90. The first-order chi connectivity index (χ1) is 10.6. The first kappa shape index (κ1) is 15.0. The van der Waals surface area contributed by atoms with Gasteiger partial charge in [0.05, 0.1) is 0 Å². The predicted molar refractivity (Wildman–Crippen MR) is 80.0 cm³/mol. The van der Waals surface area contributed by atoms with Crippen LogP contribution in [0.25, 0.3) is 0 Å². The van der Waals surface area contributed by atoms with Crippen molar-refractivity contribution >= 4 is 22.4 Å². The van der Waals surface area contributed by atoms with Gasteiger partial charge in [-0.25, -0.2) is 8.78 Å². The molecular weight excluding hydrogens is 308 g/mol. The summed E-state index contributed by atoms with van der Waals surface area (Å²) in [7, 11) is 0. The van der Waals surface area contributed by atoms with Crippen LogP contribution >= 0.6 is 11.3 Å². The summed E-state index contributed by atoms with van der Waals surface area (Å²) in [6.07, 6.45) is 5.74. The molecule has 1 N–H and O–H groups in total. The average molecular weight is 323 g/mol. The van der Waals surface area contributed by atoms with Crippen LogP contribution in [-0.2, 0) is 0 Å². The van der Waals surface area contributed by atoms with E-state index in [1.165, 1.54) is 36.7 Å². The molecule has 1 aromatic carbocycles. The summed E-state index contributed by atoms with van der Waals surface area (Å²) in [6, 6.07) is 3.31. The van der Waals surface area contributed by atoms with E-state index in [-0.39, 0.29) is 5.13 Å². The molecule has 1 aliphatic rings. The standard InChI is InChI=1S/C15H15F2N3OS/c16-10-7-4-8-11(17)12(10)13(21)18-15-20-19-14(22-15)9-5-2-1-3-6-9/h4,7-9H,1-3,5-6H2,(H,18,20,21). The van der Waals surface area contributed by atoms with Crippen LogP contribution in [0.2, 0.25) is 0 Å². The molecule has 1 saturated carbocycles. The Kier molecular flexibility index (Phi) is 4.42. The van der Waals surface area contributed by atoms with Crippen molar-refractivity contribution in [1.82, 2.24) is 10.2 Å². The van der Waals surface area contributed by atoms with E-state index in [2.05, 4.69) is 15.5 Å². The van der Waals surface area contributed by atoms with Gasteiger partial charge in [0, 0.05) is 5.92 Å². The van der Waals surface area contributed by atoms with E-state index in [0.717, 1.165) is 30.0 Å². The Hall–Kier alpha value is -1.89. The molecule has 1 amide bonds. The second kappa shape index (κ2) is 6.48. The number of halogens is 2. The zero-order chi connectivity index (χ0) is 15.5. The third-order valence-corrected chi connectivity index (χ3v) is 4.81. The highest BCUT2D eigenvalue weighted by molar-refractivity contribution is 7.15. The second-order valence-corrected chi connectivity index (χ2v) is 6.34. The second-order valence-electron chi connectivity index (χ2n) is 5.33. The largest absolute Gasteiger partial charge is 0.296 e. The number of carbonyl (C=O) groups excluding carboxylic acids is 1. The summed E-state index contributed by atoms with van der Waals surface area (Å²) < 4.78 is 27.1. The molecule has 1 aromatic heterocycles. The Morgan fingerprint density at radius 3 is 2.50 bits per heavy atom. The number of anilines is 1. The van der Waals surface area contributed by atoms with Gasteiger partial charge in [0.2, 0.25) is 5.13 Å². The van der Waals surface area contributed by atoms with Gasteiger partial charge < -0.3 is 0 Å². The topological polar surface area (TPSA) is 54.9 Å². The van der Waals surface area contributed by atoms with Crippen LogP contribution in [0.15, 0.2) is 18.2 Å². The molecule has 3 rings (SSSR count). The minimum atomic E-state index is -0.894. The van der Waals surface area contributed by atoms with Gasteiger partial charge in [0.15, 0.2) is 0 Å². The highest BCUT2D eigenvalue weighted by Crippen LogP contribution is 2.35. The number of benzene rings is 1. The minimum absolute atomic E-state index is 0.272. The van der Waals surface area contributed by atoms with Gasteiger partial charge >= 0.3 is 0 Å². The first-order valence-corrected chi connectivity index (χ1v) is 8.05. The fourth-order valence-electron chi connectivity index (χ4n) is 2.67. The highest BCUT2D eigenvalue weighted by Gasteiger charge is 2.22. The lowest BCUT2D eigenvalue weighted by Gasteiger charge is -2.18. The van der Waals surface area contributed by atoms with Crippen LogP contribution in [0.1, 0.15) is 53.4 Å². The van der Waals surface area contributed by atoms with Gasteiger partial charge in [-0.15, -0.1) is 10.2 Å². The van der Waals surface area contributed by atoms with Crippen LogP contribution in [-0.4, -0.2) is 16.1 Å². The van der Waals surface area contributed by atoms with E-state index in [1.807, 2.05) is 0 Å². The number of nitrogens with one attached hydrogen (secondary N) is 1. The maximum absolute atomic E-state index is 13.6. The van der Waals surface area contributed by atoms with Crippen molar-refractivity contribution in [2.75, 3.05) is 5.32 Å². The van der Waals surface area contributed by atoms with E-state index in [0.29, 0.717) is 5.92 Å². The number of hydrogen-bond acceptors (Lipinski definition) is 4. The van der Waals surface area contributed by atoms with E-state index < -0.39 is 23.1 Å². The molecule has 0 atom stereocenters. The minimum Gasteiger partial charge on any atom is -0.296 e. The van der Waals surface area contributed by atoms with Crippen molar-refractivity contribution in [1.29, 1.82) is 0 Å². The SMILES string of the molecule is O=C(Nc1nnc(C2CCCCC2)s1)c1c(F)cccc1F. The van der Waals surface area contributed by atoms with Crippen molar-refractivity contribution in [2.24, 2.45) is 0 Å². The molecule has 1 fully saturated rings. The van der Waals surface area contributed by atoms with E-state index >= 15 is 0 Å². The van der Waals surface area contributed by atoms with Crippen LogP contribution < -0.4 is 5.32 Å². The molecule has 1 heterocycles. The van der Waals surface area contributed by atoms with E-state index in [4.69, 9.17) is 0 Å². The molecule has 0 saturated heterocycles. The van der Waals surface area contributed by atoms with Gasteiger partial charge in [-0.3, -0.25) is 10.1 Å². The van der Waals surface area contributed by atoms with Gasteiger partial charge in [0.25, 0.3) is 5.91 Å². The van der Waals surface area contributed by atoms with E-state index in [1.54, 1.807) is 0 Å². The number of carbonyl (C=O) groups is 1. The molecule has 7 heteroatoms. The monoisotopic (exact) mass is 323 g/mol. The van der Waals surface area contributed by atoms with Crippen LogP contribution in [0.5, 0.6) is 0 Å². The van der Waals surface area contributed by atoms with Gasteiger partial charge in [-0.2, -0.15) is 0 Å². The molecular formula is C15H15F2N3OS. The summed E-state index contributed by atoms with van der Waals surface area (Å²) in [5, 5.41) is 11.6. The number of rotatable bonds is 3. The number of amides is 1. The molecule has 0 aliphatic heterocycles. The van der Waals surface area contributed by atoms with Gasteiger partial charge in [0.1, 0.15) is 22.2 Å². The highest BCUT2D eigenvalue weighted by atomic mass is 32.1. The number of nitrogens with zero attached hydrogens (tertiary/aromatic N) is 2. The first-order valence-electron chi connectivity index (χ1n) is 7.24. The Labute approximate surface area is 130 Å². The Bertz CT molecular complexity index is 663. The Morgan fingerprint density at radius 1 is 1.14 bits per heavy atom. The molecule has 116 valence electrons.